The molecule has 0 spiro atoms. The normalized spacial score (nSPS) is 12.0. The summed E-state index contributed by atoms with van der Waals surface area (Å²) in [6, 6.07) is 13.1. The Balaban J connectivity index is 1.88. The molecule has 2 aromatic rings. The van der Waals surface area contributed by atoms with Gasteiger partial charge >= 0.3 is 0 Å². The minimum atomic E-state index is -3.55. The molecule has 0 aliphatic carbocycles. The molecule has 3 N–H and O–H groups in total. The molecule has 0 fully saturated rings. The van der Waals surface area contributed by atoms with Gasteiger partial charge in [0, 0.05) is 39.4 Å². The van der Waals surface area contributed by atoms with Gasteiger partial charge in [-0.3, -0.25) is 4.99 Å². The highest BCUT2D eigenvalue weighted by Gasteiger charge is 2.13. The Hall–Kier alpha value is -2.49. The zero-order valence-electron chi connectivity index (χ0n) is 15.9. The topological polar surface area (TPSA) is 91.8 Å². The minimum absolute atomic E-state index is 0.189. The molecule has 0 heterocycles. The first kappa shape index (κ1) is 21.8. The Kier molecular flexibility index (Phi) is 8.37. The van der Waals surface area contributed by atoms with Crippen LogP contribution in [-0.2, 0) is 27.8 Å². The van der Waals surface area contributed by atoms with Crippen LogP contribution in [0.4, 0.5) is 4.39 Å². The van der Waals surface area contributed by atoms with E-state index in [4.69, 9.17) is 4.74 Å². The van der Waals surface area contributed by atoms with E-state index < -0.39 is 10.0 Å². The van der Waals surface area contributed by atoms with Gasteiger partial charge in [0.25, 0.3) is 0 Å². The average Bonchev–Trinajstić information content (AvgIpc) is 2.70. The van der Waals surface area contributed by atoms with Crippen molar-refractivity contribution in [2.75, 3.05) is 27.3 Å². The third-order valence-electron chi connectivity index (χ3n) is 3.92. The van der Waals surface area contributed by atoms with Crippen LogP contribution in [0, 0.1) is 5.82 Å². The van der Waals surface area contributed by atoms with E-state index in [1.807, 2.05) is 0 Å². The molecule has 7 nitrogen and oxygen atoms in total. The molecule has 0 amide bonds. The zero-order chi connectivity index (χ0) is 20.4. The molecular weight excluding hydrogens is 383 g/mol. The molecular formula is C19H25FN4O3S. The van der Waals surface area contributed by atoms with E-state index in [0.29, 0.717) is 31.2 Å². The highest BCUT2D eigenvalue weighted by atomic mass is 32.2. The first-order valence-electron chi connectivity index (χ1n) is 8.71. The van der Waals surface area contributed by atoms with Crippen LogP contribution in [0.15, 0.2) is 58.4 Å². The molecule has 2 aromatic carbocycles. The maximum absolute atomic E-state index is 13.7. The molecule has 0 atom stereocenters. The maximum atomic E-state index is 13.7. The maximum Gasteiger partial charge on any atom is 0.240 e. The van der Waals surface area contributed by atoms with Crippen LogP contribution in [0.25, 0.3) is 0 Å². The fourth-order valence-electron chi connectivity index (χ4n) is 2.37. The van der Waals surface area contributed by atoms with Gasteiger partial charge in [-0.15, -0.1) is 0 Å². The smallest absolute Gasteiger partial charge is 0.240 e. The van der Waals surface area contributed by atoms with Crippen molar-refractivity contribution in [3.8, 4) is 0 Å². The Bertz CT molecular complexity index is 886. The fourth-order valence-corrected chi connectivity index (χ4v) is 3.39. The van der Waals surface area contributed by atoms with Crippen LogP contribution in [0.1, 0.15) is 11.1 Å². The number of nitrogens with one attached hydrogen (secondary N) is 3. The van der Waals surface area contributed by atoms with Crippen LogP contribution in [0.5, 0.6) is 0 Å². The van der Waals surface area contributed by atoms with E-state index >= 15 is 0 Å². The number of guanidine groups is 1. The molecule has 0 saturated carbocycles. The first-order valence-corrected chi connectivity index (χ1v) is 10.2. The molecule has 0 aliphatic heterocycles. The lowest BCUT2D eigenvalue weighted by Crippen LogP contribution is -2.36. The molecule has 0 aliphatic rings. The van der Waals surface area contributed by atoms with E-state index in [0.717, 1.165) is 5.56 Å². The van der Waals surface area contributed by atoms with Gasteiger partial charge in [0.1, 0.15) is 5.82 Å². The summed E-state index contributed by atoms with van der Waals surface area (Å²) in [5.41, 5.74) is 1.42. The van der Waals surface area contributed by atoms with Gasteiger partial charge in [-0.05, 0) is 23.8 Å². The number of ether oxygens (including phenoxy) is 1. The summed E-state index contributed by atoms with van der Waals surface area (Å²) in [5.74, 6) is 0.238. The predicted octanol–water partition coefficient (Wildman–Crippen LogP) is 1.62. The quantitative estimate of drug-likeness (QED) is 0.333. The second-order valence-electron chi connectivity index (χ2n) is 5.91. The largest absolute Gasteiger partial charge is 0.383 e. The Morgan fingerprint density at radius 3 is 2.39 bits per heavy atom. The van der Waals surface area contributed by atoms with Crippen LogP contribution in [-0.4, -0.2) is 41.7 Å². The molecule has 152 valence electrons. The van der Waals surface area contributed by atoms with Crippen molar-refractivity contribution >= 4 is 16.0 Å². The van der Waals surface area contributed by atoms with Crippen LogP contribution >= 0.6 is 0 Å². The van der Waals surface area contributed by atoms with E-state index in [2.05, 4.69) is 20.3 Å². The van der Waals surface area contributed by atoms with E-state index in [1.165, 1.54) is 13.2 Å². The standard InChI is InChI=1S/C19H25FN4O3S/c1-21-19(23-14-16-5-3-4-6-18(16)20)22-13-15-7-9-17(10-8-15)28(25,26)24-11-12-27-2/h3-10,24H,11-14H2,1-2H3,(H2,21,22,23). The first-order chi connectivity index (χ1) is 13.5. The van der Waals surface area contributed by atoms with Crippen molar-refractivity contribution in [1.29, 1.82) is 0 Å². The summed E-state index contributed by atoms with van der Waals surface area (Å²) in [4.78, 5) is 4.29. The number of halogens is 1. The molecule has 28 heavy (non-hydrogen) atoms. The summed E-state index contributed by atoms with van der Waals surface area (Å²) in [7, 11) is -0.418. The minimum Gasteiger partial charge on any atom is -0.383 e. The molecule has 0 bridgehead atoms. The Labute approximate surface area is 165 Å². The fraction of sp³-hybridized carbons (Fsp3) is 0.316. The second kappa shape index (κ2) is 10.7. The number of sulfonamides is 1. The van der Waals surface area contributed by atoms with Crippen molar-refractivity contribution in [2.24, 2.45) is 4.99 Å². The Morgan fingerprint density at radius 2 is 1.75 bits per heavy atom. The van der Waals surface area contributed by atoms with Gasteiger partial charge < -0.3 is 15.4 Å². The summed E-state index contributed by atoms with van der Waals surface area (Å²) in [6.07, 6.45) is 0. The third kappa shape index (κ3) is 6.59. The number of benzene rings is 2. The highest BCUT2D eigenvalue weighted by molar-refractivity contribution is 7.89. The number of aliphatic imine (C=N–C) groups is 1. The molecule has 0 radical (unpaired) electrons. The van der Waals surface area contributed by atoms with Gasteiger partial charge in [0.2, 0.25) is 10.0 Å². The lowest BCUT2D eigenvalue weighted by molar-refractivity contribution is 0.204. The van der Waals surface area contributed by atoms with Gasteiger partial charge in [-0.2, -0.15) is 0 Å². The van der Waals surface area contributed by atoms with Gasteiger partial charge in [0.15, 0.2) is 5.96 Å². The Morgan fingerprint density at radius 1 is 1.07 bits per heavy atom. The highest BCUT2D eigenvalue weighted by Crippen LogP contribution is 2.10. The molecule has 9 heteroatoms. The number of hydrogen-bond donors (Lipinski definition) is 3. The summed E-state index contributed by atoms with van der Waals surface area (Å²) >= 11 is 0. The second-order valence-corrected chi connectivity index (χ2v) is 7.67. The van der Waals surface area contributed by atoms with E-state index in [1.54, 1.807) is 49.5 Å². The number of methoxy groups -OCH3 is 1. The summed E-state index contributed by atoms with van der Waals surface area (Å²) in [5, 5.41) is 6.15. The third-order valence-corrected chi connectivity index (χ3v) is 5.40. The average molecular weight is 408 g/mol. The van der Waals surface area contributed by atoms with Gasteiger partial charge in [0.05, 0.1) is 11.5 Å². The van der Waals surface area contributed by atoms with Crippen molar-refractivity contribution in [3.05, 3.63) is 65.5 Å². The van der Waals surface area contributed by atoms with Gasteiger partial charge in [-0.1, -0.05) is 30.3 Å². The molecule has 0 aromatic heterocycles. The number of nitrogens with zero attached hydrogens (tertiary/aromatic N) is 1. The molecule has 0 saturated heterocycles. The summed E-state index contributed by atoms with van der Waals surface area (Å²) in [6.45, 7) is 1.26. The van der Waals surface area contributed by atoms with Crippen LogP contribution in [0.3, 0.4) is 0 Å². The SMILES string of the molecule is CN=C(NCc1ccc(S(=O)(=O)NCCOC)cc1)NCc1ccccc1F. The van der Waals surface area contributed by atoms with Crippen molar-refractivity contribution in [2.45, 2.75) is 18.0 Å². The number of rotatable bonds is 9. The molecule has 0 unspecified atom stereocenters. The van der Waals surface area contributed by atoms with E-state index in [9.17, 15) is 12.8 Å². The predicted molar refractivity (Wildman–Crippen MR) is 107 cm³/mol. The zero-order valence-corrected chi connectivity index (χ0v) is 16.7. The number of hydrogen-bond acceptors (Lipinski definition) is 4. The monoisotopic (exact) mass is 408 g/mol. The van der Waals surface area contributed by atoms with Crippen molar-refractivity contribution in [1.82, 2.24) is 15.4 Å². The van der Waals surface area contributed by atoms with Crippen LogP contribution < -0.4 is 15.4 Å². The lowest BCUT2D eigenvalue weighted by atomic mass is 10.2. The van der Waals surface area contributed by atoms with Crippen LogP contribution in [0.2, 0.25) is 0 Å². The van der Waals surface area contributed by atoms with Crippen molar-refractivity contribution in [3.63, 3.8) is 0 Å². The molecule has 2 rings (SSSR count). The lowest BCUT2D eigenvalue weighted by Gasteiger charge is -2.13. The summed E-state index contributed by atoms with van der Waals surface area (Å²) < 4.78 is 45.2. The van der Waals surface area contributed by atoms with Crippen molar-refractivity contribution < 1.29 is 17.5 Å². The van der Waals surface area contributed by atoms with Gasteiger partial charge in [-0.25, -0.2) is 17.5 Å². The van der Waals surface area contributed by atoms with E-state index in [-0.39, 0.29) is 17.3 Å².